The van der Waals surface area contributed by atoms with Crippen molar-refractivity contribution >= 4 is 23.0 Å². The van der Waals surface area contributed by atoms with Crippen LogP contribution in [0.15, 0.2) is 66.4 Å². The van der Waals surface area contributed by atoms with E-state index in [0.717, 1.165) is 28.9 Å². The predicted molar refractivity (Wildman–Crippen MR) is 95.1 cm³/mol. The number of primary amides is 1. The van der Waals surface area contributed by atoms with Crippen molar-refractivity contribution in [3.63, 3.8) is 0 Å². The Hall–Kier alpha value is -3.08. The summed E-state index contributed by atoms with van der Waals surface area (Å²) >= 11 is 0. The van der Waals surface area contributed by atoms with Crippen LogP contribution in [-0.4, -0.2) is 12.6 Å². The van der Waals surface area contributed by atoms with Crippen molar-refractivity contribution < 1.29 is 9.18 Å². The molecule has 24 heavy (non-hydrogen) atoms. The first-order valence-electron chi connectivity index (χ1n) is 7.61. The minimum absolute atomic E-state index is 0.244. The highest BCUT2D eigenvalue weighted by Crippen LogP contribution is 2.29. The molecule has 3 N–H and O–H groups in total. The van der Waals surface area contributed by atoms with Crippen molar-refractivity contribution in [1.29, 1.82) is 0 Å². The number of benzene rings is 2. The van der Waals surface area contributed by atoms with Crippen LogP contribution in [0.4, 0.5) is 20.6 Å². The van der Waals surface area contributed by atoms with Gasteiger partial charge in [0.25, 0.3) is 0 Å². The van der Waals surface area contributed by atoms with Crippen molar-refractivity contribution in [3.8, 4) is 0 Å². The average Bonchev–Trinajstić information content (AvgIpc) is 2.56. The van der Waals surface area contributed by atoms with Gasteiger partial charge in [-0.3, -0.25) is 0 Å². The molecule has 0 bridgehead atoms. The Morgan fingerprint density at radius 2 is 1.79 bits per heavy atom. The Balaban J connectivity index is 1.86. The number of allylic oxidation sites excluding steroid dienone is 2. The lowest BCUT2D eigenvalue weighted by molar-refractivity contribution is 0.259. The van der Waals surface area contributed by atoms with Crippen LogP contribution in [0.1, 0.15) is 12.5 Å². The number of rotatable bonds is 3. The molecule has 0 atom stereocenters. The number of nitrogens with zero attached hydrogens (tertiary/aromatic N) is 1. The molecule has 0 unspecified atom stereocenters. The van der Waals surface area contributed by atoms with Crippen LogP contribution in [-0.2, 0) is 0 Å². The second-order valence-corrected chi connectivity index (χ2v) is 5.63. The highest BCUT2D eigenvalue weighted by Gasteiger charge is 2.13. The summed E-state index contributed by atoms with van der Waals surface area (Å²) in [7, 11) is 0. The fraction of sp³-hybridized carbons (Fsp3) is 0.105. The van der Waals surface area contributed by atoms with Gasteiger partial charge in [-0.05, 0) is 54.5 Å². The predicted octanol–water partition coefficient (Wildman–Crippen LogP) is 4.12. The zero-order valence-corrected chi connectivity index (χ0v) is 13.3. The van der Waals surface area contributed by atoms with E-state index < -0.39 is 6.03 Å². The first-order chi connectivity index (χ1) is 11.5. The van der Waals surface area contributed by atoms with Gasteiger partial charge >= 0.3 is 6.03 Å². The second-order valence-electron chi connectivity index (χ2n) is 5.63. The number of anilines is 2. The minimum Gasteiger partial charge on any atom is -0.351 e. The van der Waals surface area contributed by atoms with Crippen molar-refractivity contribution in [2.45, 2.75) is 6.92 Å². The Morgan fingerprint density at radius 3 is 2.42 bits per heavy atom. The molecular weight excluding hydrogens is 305 g/mol. The van der Waals surface area contributed by atoms with E-state index in [0.29, 0.717) is 5.69 Å². The maximum absolute atomic E-state index is 13.1. The third kappa shape index (κ3) is 3.46. The van der Waals surface area contributed by atoms with Gasteiger partial charge in [-0.1, -0.05) is 18.2 Å². The Bertz CT molecular complexity index is 808. The monoisotopic (exact) mass is 323 g/mol. The summed E-state index contributed by atoms with van der Waals surface area (Å²) in [6.45, 7) is 2.80. The van der Waals surface area contributed by atoms with Crippen LogP contribution in [0.25, 0.3) is 5.57 Å². The summed E-state index contributed by atoms with van der Waals surface area (Å²) in [5, 5.41) is 2.54. The van der Waals surface area contributed by atoms with E-state index in [1.54, 1.807) is 24.3 Å². The topological polar surface area (TPSA) is 58.4 Å². The van der Waals surface area contributed by atoms with Crippen molar-refractivity contribution in [2.24, 2.45) is 5.73 Å². The summed E-state index contributed by atoms with van der Waals surface area (Å²) < 4.78 is 13.1. The van der Waals surface area contributed by atoms with Crippen LogP contribution < -0.4 is 16.0 Å². The summed E-state index contributed by atoms with van der Waals surface area (Å²) in [5.74, 6) is -0.244. The summed E-state index contributed by atoms with van der Waals surface area (Å²) in [6.07, 6.45) is 4.19. The fourth-order valence-electron chi connectivity index (χ4n) is 2.65. The first kappa shape index (κ1) is 15.8. The van der Waals surface area contributed by atoms with E-state index in [9.17, 15) is 9.18 Å². The molecule has 2 aromatic rings. The number of nitrogens with one attached hydrogen (secondary N) is 1. The molecule has 0 spiro atoms. The molecule has 0 aromatic heterocycles. The van der Waals surface area contributed by atoms with E-state index in [4.69, 9.17) is 5.73 Å². The lowest BCUT2D eigenvalue weighted by Crippen LogP contribution is -2.21. The number of urea groups is 1. The van der Waals surface area contributed by atoms with E-state index in [2.05, 4.69) is 22.5 Å². The zero-order valence-electron chi connectivity index (χ0n) is 13.3. The molecule has 122 valence electrons. The lowest BCUT2D eigenvalue weighted by atomic mass is 9.97. The second kappa shape index (κ2) is 6.58. The summed E-state index contributed by atoms with van der Waals surface area (Å²) in [4.78, 5) is 13.0. The van der Waals surface area contributed by atoms with Gasteiger partial charge in [-0.2, -0.15) is 0 Å². The Labute approximate surface area is 140 Å². The van der Waals surface area contributed by atoms with Gasteiger partial charge in [0.15, 0.2) is 0 Å². The average molecular weight is 323 g/mol. The van der Waals surface area contributed by atoms with Gasteiger partial charge in [0, 0.05) is 29.7 Å². The van der Waals surface area contributed by atoms with E-state index in [-0.39, 0.29) is 5.82 Å². The van der Waals surface area contributed by atoms with Gasteiger partial charge in [0.2, 0.25) is 0 Å². The number of halogens is 1. The molecule has 2 amide bonds. The minimum atomic E-state index is -0.585. The standard InChI is InChI=1S/C19H18FN3O/c1-13-10-11-23(12-18(13)14-2-4-15(20)5-3-14)17-8-6-16(7-9-17)22-19(21)24/h2-10,12H,11H2,1H3,(H3,21,22,24). The van der Waals surface area contributed by atoms with Crippen molar-refractivity contribution in [3.05, 3.63) is 77.8 Å². The Morgan fingerprint density at radius 1 is 1.12 bits per heavy atom. The van der Waals surface area contributed by atoms with E-state index >= 15 is 0 Å². The van der Waals surface area contributed by atoms with Crippen LogP contribution in [0.2, 0.25) is 0 Å². The highest BCUT2D eigenvalue weighted by molar-refractivity contribution is 5.88. The number of nitrogens with two attached hydrogens (primary N) is 1. The van der Waals surface area contributed by atoms with Crippen molar-refractivity contribution in [1.82, 2.24) is 0 Å². The quantitative estimate of drug-likeness (QED) is 0.892. The largest absolute Gasteiger partial charge is 0.351 e. The molecular formula is C19H18FN3O. The molecule has 2 aromatic carbocycles. The van der Waals surface area contributed by atoms with Gasteiger partial charge < -0.3 is 16.0 Å². The van der Waals surface area contributed by atoms with Gasteiger partial charge in [0.1, 0.15) is 5.82 Å². The molecule has 1 heterocycles. The number of carbonyl (C=O) groups excluding carboxylic acids is 1. The van der Waals surface area contributed by atoms with Crippen molar-refractivity contribution in [2.75, 3.05) is 16.8 Å². The normalized spacial score (nSPS) is 14.0. The van der Waals surface area contributed by atoms with Gasteiger partial charge in [-0.15, -0.1) is 0 Å². The highest BCUT2D eigenvalue weighted by atomic mass is 19.1. The SMILES string of the molecule is CC1=CCN(c2ccc(NC(N)=O)cc2)C=C1c1ccc(F)cc1. The molecule has 0 saturated carbocycles. The maximum Gasteiger partial charge on any atom is 0.316 e. The smallest absolute Gasteiger partial charge is 0.316 e. The molecule has 0 aliphatic carbocycles. The summed E-state index contributed by atoms with van der Waals surface area (Å²) in [5.41, 5.74) is 9.94. The molecule has 0 radical (unpaired) electrons. The maximum atomic E-state index is 13.1. The molecule has 4 nitrogen and oxygen atoms in total. The van der Waals surface area contributed by atoms with Crippen LogP contribution >= 0.6 is 0 Å². The Kier molecular flexibility index (Phi) is 4.33. The molecule has 1 aliphatic rings. The fourth-order valence-corrected chi connectivity index (χ4v) is 2.65. The third-order valence-corrected chi connectivity index (χ3v) is 3.93. The number of carbonyl (C=O) groups is 1. The first-order valence-corrected chi connectivity index (χ1v) is 7.61. The molecule has 0 saturated heterocycles. The summed E-state index contributed by atoms with van der Waals surface area (Å²) in [6, 6.07) is 13.3. The van der Waals surface area contributed by atoms with Gasteiger partial charge in [0.05, 0.1) is 0 Å². The number of hydrogen-bond acceptors (Lipinski definition) is 2. The number of amides is 2. The molecule has 5 heteroatoms. The third-order valence-electron chi connectivity index (χ3n) is 3.93. The van der Waals surface area contributed by atoms with Crippen LogP contribution in [0.3, 0.4) is 0 Å². The van der Waals surface area contributed by atoms with E-state index in [1.165, 1.54) is 12.1 Å². The zero-order chi connectivity index (χ0) is 17.1. The van der Waals surface area contributed by atoms with Crippen LogP contribution in [0.5, 0.6) is 0 Å². The number of hydrogen-bond donors (Lipinski definition) is 2. The molecule has 1 aliphatic heterocycles. The van der Waals surface area contributed by atoms with E-state index in [1.807, 2.05) is 19.1 Å². The van der Waals surface area contributed by atoms with Crippen LogP contribution in [0, 0.1) is 5.82 Å². The molecule has 3 rings (SSSR count). The van der Waals surface area contributed by atoms with Gasteiger partial charge in [-0.25, -0.2) is 9.18 Å². The molecule has 0 fully saturated rings. The lowest BCUT2D eigenvalue weighted by Gasteiger charge is -2.26.